The van der Waals surface area contributed by atoms with E-state index in [4.69, 9.17) is 0 Å². The summed E-state index contributed by atoms with van der Waals surface area (Å²) in [6.07, 6.45) is 0. The Morgan fingerprint density at radius 3 is 2.91 bits per heavy atom. The average molecular weight is 152 g/mol. The fraction of sp³-hybridized carbons (Fsp3) is 0. The summed E-state index contributed by atoms with van der Waals surface area (Å²) in [4.78, 5) is 9.94. The van der Waals surface area contributed by atoms with Crippen LogP contribution in [0.1, 0.15) is 0 Å². The molecule has 0 saturated carbocycles. The van der Waals surface area contributed by atoms with Gasteiger partial charge in [0.1, 0.15) is 0 Å². The number of carbonyl (C=O) groups is 1. The quantitative estimate of drug-likeness (QED) is 0.484. The summed E-state index contributed by atoms with van der Waals surface area (Å²) in [7, 11) is 0. The summed E-state index contributed by atoms with van der Waals surface area (Å²) < 4.78 is 13.7. The van der Waals surface area contributed by atoms with E-state index < -0.39 is 0 Å². The molecule has 1 heterocycles. The molecule has 0 amide bonds. The van der Waals surface area contributed by atoms with Gasteiger partial charge in [0.05, 0.1) is 0 Å². The maximum Gasteiger partial charge on any atom is 0.298 e. The molecule has 0 radical (unpaired) electrons. The molecule has 0 aliphatic heterocycles. The Balaban J connectivity index is 2.53. The molecule has 1 aromatic heterocycles. The molecular weight excluding hydrogens is 148 g/mol. The third-order valence-electron chi connectivity index (χ3n) is 1.33. The maximum absolute atomic E-state index is 9.94. The molecule has 2 aromatic rings. The van der Waals surface area contributed by atoms with Gasteiger partial charge in [-0.1, -0.05) is 6.07 Å². The molecule has 4 nitrogen and oxygen atoms in total. The van der Waals surface area contributed by atoms with E-state index in [0.29, 0.717) is 23.4 Å². The van der Waals surface area contributed by atoms with E-state index in [0.717, 1.165) is 0 Å². The number of ether oxygens (including phenoxy) is 1. The number of rotatable bonds is 2. The van der Waals surface area contributed by atoms with Crippen LogP contribution in [0.3, 0.4) is 0 Å². The van der Waals surface area contributed by atoms with Crippen molar-refractivity contribution in [2.24, 2.45) is 0 Å². The SMILES string of the molecule is O=COc1cccc2ooc12. The van der Waals surface area contributed by atoms with Crippen LogP contribution in [0, 0.1) is 0 Å². The van der Waals surface area contributed by atoms with Crippen molar-refractivity contribution < 1.29 is 18.7 Å². The number of para-hydroxylation sites is 1. The predicted molar refractivity (Wildman–Crippen MR) is 35.2 cm³/mol. The molecule has 0 saturated heterocycles. The minimum atomic E-state index is 0.345. The maximum atomic E-state index is 9.94. The van der Waals surface area contributed by atoms with Gasteiger partial charge in [0, 0.05) is 0 Å². The minimum Gasteiger partial charge on any atom is -0.424 e. The Bertz CT molecular complexity index is 370. The largest absolute Gasteiger partial charge is 0.424 e. The van der Waals surface area contributed by atoms with E-state index in [2.05, 4.69) is 13.9 Å². The summed E-state index contributed by atoms with van der Waals surface area (Å²) in [6.45, 7) is 0.345. The molecule has 56 valence electrons. The van der Waals surface area contributed by atoms with Crippen molar-refractivity contribution in [1.82, 2.24) is 0 Å². The molecule has 0 bridgehead atoms. The topological polar surface area (TPSA) is 52.6 Å². The molecule has 1 aromatic carbocycles. The van der Waals surface area contributed by atoms with E-state index in [-0.39, 0.29) is 0 Å². The molecular formula is C7H4O4. The van der Waals surface area contributed by atoms with E-state index in [9.17, 15) is 4.79 Å². The first-order chi connectivity index (χ1) is 5.42. The highest BCUT2D eigenvalue weighted by molar-refractivity contribution is 5.78. The van der Waals surface area contributed by atoms with Crippen LogP contribution in [-0.2, 0) is 4.79 Å². The van der Waals surface area contributed by atoms with Gasteiger partial charge < -0.3 is 4.74 Å². The normalized spacial score (nSPS) is 10.2. The molecule has 11 heavy (non-hydrogen) atoms. The smallest absolute Gasteiger partial charge is 0.298 e. The van der Waals surface area contributed by atoms with Crippen LogP contribution in [0.4, 0.5) is 0 Å². The summed E-state index contributed by atoms with van der Waals surface area (Å²) >= 11 is 0. The first-order valence-electron chi connectivity index (χ1n) is 2.99. The van der Waals surface area contributed by atoms with Gasteiger partial charge in [0.15, 0.2) is 5.75 Å². The van der Waals surface area contributed by atoms with Crippen molar-refractivity contribution >= 4 is 17.6 Å². The van der Waals surface area contributed by atoms with Gasteiger partial charge in [-0.15, -0.1) is 0 Å². The minimum absolute atomic E-state index is 0.345. The van der Waals surface area contributed by atoms with Crippen molar-refractivity contribution in [3.8, 4) is 5.75 Å². The number of fused-ring (bicyclic) bond motifs is 1. The molecule has 0 aliphatic rings. The second-order valence-corrected chi connectivity index (χ2v) is 1.96. The molecule has 0 fully saturated rings. The number of hydrogen-bond acceptors (Lipinski definition) is 4. The molecule has 2 rings (SSSR count). The lowest BCUT2D eigenvalue weighted by molar-refractivity contribution is -0.120. The van der Waals surface area contributed by atoms with Gasteiger partial charge in [0.25, 0.3) is 12.1 Å². The number of hydrogen-bond donors (Lipinski definition) is 0. The van der Waals surface area contributed by atoms with Crippen molar-refractivity contribution in [1.29, 1.82) is 0 Å². The first kappa shape index (κ1) is 6.03. The van der Waals surface area contributed by atoms with E-state index in [1.165, 1.54) is 0 Å². The van der Waals surface area contributed by atoms with Gasteiger partial charge in [-0.2, -0.15) is 0 Å². The zero-order valence-electron chi connectivity index (χ0n) is 5.44. The molecule has 0 unspecified atom stereocenters. The zero-order chi connectivity index (χ0) is 7.68. The van der Waals surface area contributed by atoms with Crippen LogP contribution < -0.4 is 4.74 Å². The number of carbonyl (C=O) groups excluding carboxylic acids is 1. The zero-order valence-corrected chi connectivity index (χ0v) is 5.44. The predicted octanol–water partition coefficient (Wildman–Crippen LogP) is 1.56. The second-order valence-electron chi connectivity index (χ2n) is 1.96. The van der Waals surface area contributed by atoms with Crippen molar-refractivity contribution in [2.45, 2.75) is 0 Å². The second kappa shape index (κ2) is 2.16. The van der Waals surface area contributed by atoms with Crippen LogP contribution in [-0.4, -0.2) is 6.47 Å². The molecule has 4 heteroatoms. The molecule has 0 spiro atoms. The standard InChI is InChI=1S/C7H4O4/c8-4-9-5-2-1-3-6-7(5)11-10-6/h1-4H. The van der Waals surface area contributed by atoms with Crippen LogP contribution in [0.2, 0.25) is 0 Å². The molecule has 0 aliphatic carbocycles. The van der Waals surface area contributed by atoms with Crippen LogP contribution in [0.15, 0.2) is 27.4 Å². The van der Waals surface area contributed by atoms with Gasteiger partial charge in [-0.3, -0.25) is 13.9 Å². The fourth-order valence-electron chi connectivity index (χ4n) is 0.841. The highest BCUT2D eigenvalue weighted by Crippen LogP contribution is 2.27. The van der Waals surface area contributed by atoms with Crippen LogP contribution >= 0.6 is 0 Å². The Hall–Kier alpha value is -1.71. The van der Waals surface area contributed by atoms with Gasteiger partial charge in [-0.05, 0) is 12.1 Å². The average Bonchev–Trinajstić information content (AvgIpc) is 1.94. The van der Waals surface area contributed by atoms with E-state index in [1.54, 1.807) is 18.2 Å². The highest BCUT2D eigenvalue weighted by Gasteiger charge is 2.10. The van der Waals surface area contributed by atoms with E-state index >= 15 is 0 Å². The van der Waals surface area contributed by atoms with Crippen molar-refractivity contribution in [2.75, 3.05) is 0 Å². The summed E-state index contributed by atoms with van der Waals surface area (Å²) in [6, 6.07) is 5.05. The highest BCUT2D eigenvalue weighted by atomic mass is 17.0. The third-order valence-corrected chi connectivity index (χ3v) is 1.33. The fourth-order valence-corrected chi connectivity index (χ4v) is 0.841. The Morgan fingerprint density at radius 2 is 2.27 bits per heavy atom. The summed E-state index contributed by atoms with van der Waals surface area (Å²) in [5.41, 5.74) is 1.06. The summed E-state index contributed by atoms with van der Waals surface area (Å²) in [5, 5.41) is 0. The first-order valence-corrected chi connectivity index (χ1v) is 2.99. The van der Waals surface area contributed by atoms with Crippen LogP contribution in [0.5, 0.6) is 5.75 Å². The van der Waals surface area contributed by atoms with E-state index in [1.807, 2.05) is 0 Å². The lowest BCUT2D eigenvalue weighted by Crippen LogP contribution is -1.90. The van der Waals surface area contributed by atoms with Gasteiger partial charge >= 0.3 is 0 Å². The monoisotopic (exact) mass is 152 g/mol. The molecule has 0 N–H and O–H groups in total. The lowest BCUT2D eigenvalue weighted by atomic mass is 10.3. The third kappa shape index (κ3) is 0.797. The van der Waals surface area contributed by atoms with Gasteiger partial charge in [-0.25, -0.2) is 0 Å². The van der Waals surface area contributed by atoms with Crippen molar-refractivity contribution in [3.63, 3.8) is 0 Å². The Kier molecular flexibility index (Phi) is 1.18. The lowest BCUT2D eigenvalue weighted by Gasteiger charge is -2.01. The van der Waals surface area contributed by atoms with Gasteiger partial charge in [0.2, 0.25) is 5.58 Å². The summed E-state index contributed by atoms with van der Waals surface area (Å²) in [5.74, 6) is 0.378. The van der Waals surface area contributed by atoms with Crippen LogP contribution in [0.25, 0.3) is 11.2 Å². The Morgan fingerprint density at radius 1 is 1.36 bits per heavy atom. The number of benzene rings is 1. The Labute approximate surface area is 61.3 Å². The molecule has 0 atom stereocenters. The van der Waals surface area contributed by atoms with Crippen molar-refractivity contribution in [3.05, 3.63) is 18.2 Å².